The largest absolute Gasteiger partial charge is 0.491 e. The van der Waals surface area contributed by atoms with Gasteiger partial charge in [0.25, 0.3) is 0 Å². The Bertz CT molecular complexity index is 433. The van der Waals surface area contributed by atoms with Gasteiger partial charge >= 0.3 is 6.09 Å². The summed E-state index contributed by atoms with van der Waals surface area (Å²) in [6.07, 6.45) is -0.105. The van der Waals surface area contributed by atoms with Crippen molar-refractivity contribution in [3.63, 3.8) is 0 Å². The standard InChI is InChI=1S/C13H17NO4/c1-17-6-7-18-12-3-2-10-4-5-14(13(15)16)9-11(10)8-12/h2-3,8H,4-7,9H2,1H3,(H,15,16). The highest BCUT2D eigenvalue weighted by Crippen LogP contribution is 2.23. The molecule has 0 aromatic heterocycles. The number of carboxylic acid groups (broad SMARTS) is 1. The maximum atomic E-state index is 10.9. The third kappa shape index (κ3) is 2.92. The zero-order valence-corrected chi connectivity index (χ0v) is 10.4. The molecule has 0 spiro atoms. The van der Waals surface area contributed by atoms with Crippen LogP contribution in [0.3, 0.4) is 0 Å². The lowest BCUT2D eigenvalue weighted by molar-refractivity contribution is 0.139. The first-order chi connectivity index (χ1) is 8.70. The molecule has 0 radical (unpaired) electrons. The Morgan fingerprint density at radius 2 is 2.22 bits per heavy atom. The average molecular weight is 251 g/mol. The summed E-state index contributed by atoms with van der Waals surface area (Å²) in [7, 11) is 1.63. The molecule has 2 rings (SSSR count). The van der Waals surface area contributed by atoms with Crippen molar-refractivity contribution in [1.29, 1.82) is 0 Å². The Kier molecular flexibility index (Phi) is 4.04. The molecule has 0 saturated heterocycles. The lowest BCUT2D eigenvalue weighted by atomic mass is 10.00. The van der Waals surface area contributed by atoms with E-state index in [9.17, 15) is 4.79 Å². The summed E-state index contributed by atoms with van der Waals surface area (Å²) < 4.78 is 10.4. The summed E-state index contributed by atoms with van der Waals surface area (Å²) in [4.78, 5) is 12.4. The van der Waals surface area contributed by atoms with Gasteiger partial charge in [-0.15, -0.1) is 0 Å². The van der Waals surface area contributed by atoms with Crippen LogP contribution in [0, 0.1) is 0 Å². The summed E-state index contributed by atoms with van der Waals surface area (Å²) in [5, 5.41) is 8.98. The van der Waals surface area contributed by atoms with E-state index in [0.29, 0.717) is 26.3 Å². The van der Waals surface area contributed by atoms with E-state index in [1.807, 2.05) is 18.2 Å². The fraction of sp³-hybridized carbons (Fsp3) is 0.462. The second-order valence-electron chi connectivity index (χ2n) is 4.23. The van der Waals surface area contributed by atoms with Crippen molar-refractivity contribution in [2.24, 2.45) is 0 Å². The predicted molar refractivity (Wildman–Crippen MR) is 66.0 cm³/mol. The Labute approximate surface area is 106 Å². The molecule has 0 saturated carbocycles. The second kappa shape index (κ2) is 5.73. The van der Waals surface area contributed by atoms with Gasteiger partial charge in [-0.05, 0) is 29.7 Å². The monoisotopic (exact) mass is 251 g/mol. The van der Waals surface area contributed by atoms with E-state index in [1.54, 1.807) is 7.11 Å². The van der Waals surface area contributed by atoms with E-state index in [4.69, 9.17) is 14.6 Å². The van der Waals surface area contributed by atoms with Crippen molar-refractivity contribution in [1.82, 2.24) is 4.90 Å². The molecule has 0 aliphatic carbocycles. The third-order valence-electron chi connectivity index (χ3n) is 3.02. The number of hydrogen-bond donors (Lipinski definition) is 1. The van der Waals surface area contributed by atoms with Crippen molar-refractivity contribution in [3.8, 4) is 5.75 Å². The lowest BCUT2D eigenvalue weighted by Gasteiger charge is -2.26. The van der Waals surface area contributed by atoms with Crippen LogP contribution in [-0.4, -0.2) is 43.0 Å². The molecule has 1 aliphatic rings. The first-order valence-electron chi connectivity index (χ1n) is 5.92. The van der Waals surface area contributed by atoms with E-state index in [1.165, 1.54) is 10.5 Å². The molecule has 0 unspecified atom stereocenters. The molecule has 0 fully saturated rings. The molecule has 5 nitrogen and oxygen atoms in total. The molecule has 1 aromatic rings. The van der Waals surface area contributed by atoms with Crippen molar-refractivity contribution in [2.45, 2.75) is 13.0 Å². The Morgan fingerprint density at radius 1 is 1.39 bits per heavy atom. The molecule has 1 N–H and O–H groups in total. The Morgan fingerprint density at radius 3 is 2.94 bits per heavy atom. The van der Waals surface area contributed by atoms with Crippen molar-refractivity contribution < 1.29 is 19.4 Å². The number of ether oxygens (including phenoxy) is 2. The van der Waals surface area contributed by atoms with Crippen LogP contribution in [0.2, 0.25) is 0 Å². The highest BCUT2D eigenvalue weighted by molar-refractivity contribution is 5.65. The SMILES string of the molecule is COCCOc1ccc2c(c1)CN(C(=O)O)CC2. The molecule has 98 valence electrons. The summed E-state index contributed by atoms with van der Waals surface area (Å²) in [6.45, 7) is 2.04. The first kappa shape index (κ1) is 12.7. The zero-order chi connectivity index (χ0) is 13.0. The van der Waals surface area contributed by atoms with Gasteiger partial charge in [-0.3, -0.25) is 0 Å². The van der Waals surface area contributed by atoms with Crippen molar-refractivity contribution in [3.05, 3.63) is 29.3 Å². The van der Waals surface area contributed by atoms with E-state index < -0.39 is 6.09 Å². The van der Waals surface area contributed by atoms with Crippen LogP contribution in [0.25, 0.3) is 0 Å². The minimum Gasteiger partial charge on any atom is -0.491 e. The number of fused-ring (bicyclic) bond motifs is 1. The van der Waals surface area contributed by atoms with Crippen LogP contribution in [0.15, 0.2) is 18.2 Å². The van der Waals surface area contributed by atoms with E-state index in [2.05, 4.69) is 0 Å². The molecule has 1 aliphatic heterocycles. The average Bonchev–Trinajstić information content (AvgIpc) is 2.38. The number of benzene rings is 1. The molecule has 1 aromatic carbocycles. The van der Waals surface area contributed by atoms with E-state index in [0.717, 1.165) is 17.7 Å². The number of amides is 1. The van der Waals surface area contributed by atoms with Gasteiger partial charge < -0.3 is 19.5 Å². The summed E-state index contributed by atoms with van der Waals surface area (Å²) in [5.74, 6) is 0.762. The normalized spacial score (nSPS) is 14.2. The topological polar surface area (TPSA) is 59.0 Å². The number of rotatable bonds is 4. The molecule has 1 amide bonds. The number of hydrogen-bond acceptors (Lipinski definition) is 3. The first-order valence-corrected chi connectivity index (χ1v) is 5.92. The van der Waals surface area contributed by atoms with Gasteiger partial charge in [0.05, 0.1) is 6.61 Å². The molecule has 0 atom stereocenters. The van der Waals surface area contributed by atoms with Gasteiger partial charge in [-0.25, -0.2) is 4.79 Å². The summed E-state index contributed by atoms with van der Waals surface area (Å²) in [6, 6.07) is 5.85. The van der Waals surface area contributed by atoms with Crippen molar-refractivity contribution in [2.75, 3.05) is 26.9 Å². The van der Waals surface area contributed by atoms with Crippen LogP contribution in [0.4, 0.5) is 4.79 Å². The van der Waals surface area contributed by atoms with Gasteiger partial charge in [0.1, 0.15) is 12.4 Å². The summed E-state index contributed by atoms with van der Waals surface area (Å²) in [5.41, 5.74) is 2.23. The molecular formula is C13H17NO4. The van der Waals surface area contributed by atoms with Crippen LogP contribution >= 0.6 is 0 Å². The second-order valence-corrected chi connectivity index (χ2v) is 4.23. The molecular weight excluding hydrogens is 234 g/mol. The van der Waals surface area contributed by atoms with Crippen LogP contribution < -0.4 is 4.74 Å². The van der Waals surface area contributed by atoms with Crippen molar-refractivity contribution >= 4 is 6.09 Å². The highest BCUT2D eigenvalue weighted by Gasteiger charge is 2.20. The van der Waals surface area contributed by atoms with E-state index in [-0.39, 0.29) is 0 Å². The quantitative estimate of drug-likeness (QED) is 0.828. The lowest BCUT2D eigenvalue weighted by Crippen LogP contribution is -2.34. The van der Waals surface area contributed by atoms with Gasteiger partial charge in [-0.2, -0.15) is 0 Å². The summed E-state index contributed by atoms with van der Waals surface area (Å²) >= 11 is 0. The van der Waals surface area contributed by atoms with Gasteiger partial charge in [0, 0.05) is 20.2 Å². The highest BCUT2D eigenvalue weighted by atomic mass is 16.5. The molecule has 0 bridgehead atoms. The zero-order valence-electron chi connectivity index (χ0n) is 10.4. The van der Waals surface area contributed by atoms with Gasteiger partial charge in [0.15, 0.2) is 0 Å². The molecule has 1 heterocycles. The smallest absolute Gasteiger partial charge is 0.407 e. The Hall–Kier alpha value is -1.75. The van der Waals surface area contributed by atoms with Crippen LogP contribution in [0.1, 0.15) is 11.1 Å². The van der Waals surface area contributed by atoms with Gasteiger partial charge in [0.2, 0.25) is 0 Å². The Balaban J connectivity index is 2.06. The van der Waals surface area contributed by atoms with Crippen LogP contribution in [0.5, 0.6) is 5.75 Å². The molecule has 5 heteroatoms. The number of methoxy groups -OCH3 is 1. The number of nitrogens with zero attached hydrogens (tertiary/aromatic N) is 1. The maximum Gasteiger partial charge on any atom is 0.407 e. The predicted octanol–water partition coefficient (Wildman–Crippen LogP) is 1.75. The number of carbonyl (C=O) groups is 1. The third-order valence-corrected chi connectivity index (χ3v) is 3.02. The van der Waals surface area contributed by atoms with Crippen LogP contribution in [-0.2, 0) is 17.7 Å². The minimum absolute atomic E-state index is 0.437. The van der Waals surface area contributed by atoms with E-state index >= 15 is 0 Å². The van der Waals surface area contributed by atoms with Gasteiger partial charge in [-0.1, -0.05) is 6.07 Å². The minimum atomic E-state index is -0.869. The molecule has 18 heavy (non-hydrogen) atoms. The fourth-order valence-electron chi connectivity index (χ4n) is 2.03. The maximum absolute atomic E-state index is 10.9. The fourth-order valence-corrected chi connectivity index (χ4v) is 2.03.